The zero-order valence-corrected chi connectivity index (χ0v) is 7.10. The van der Waals surface area contributed by atoms with Gasteiger partial charge in [-0.3, -0.25) is 4.79 Å². The van der Waals surface area contributed by atoms with Crippen LogP contribution in [0.15, 0.2) is 0 Å². The number of halogens is 1. The lowest BCUT2D eigenvalue weighted by molar-refractivity contribution is -0.144. The highest BCUT2D eigenvalue weighted by molar-refractivity contribution is 6.23. The number of hydrogen-bond acceptors (Lipinski definition) is 3. The fourth-order valence-corrected chi connectivity index (χ4v) is 2.08. The van der Waals surface area contributed by atoms with E-state index in [2.05, 4.69) is 0 Å². The predicted molar refractivity (Wildman–Crippen MR) is 40.1 cm³/mol. The Labute approximate surface area is 70.3 Å². The van der Waals surface area contributed by atoms with Crippen molar-refractivity contribution in [1.82, 2.24) is 4.90 Å². The van der Waals surface area contributed by atoms with Crippen LogP contribution >= 0.6 is 11.6 Å². The Morgan fingerprint density at radius 3 is 3.18 bits per heavy atom. The van der Waals surface area contributed by atoms with E-state index in [1.807, 2.05) is 4.90 Å². The molecule has 2 saturated heterocycles. The van der Waals surface area contributed by atoms with Gasteiger partial charge >= 0.3 is 5.97 Å². The second-order valence-electron chi connectivity index (χ2n) is 3.14. The molecule has 2 aliphatic heterocycles. The summed E-state index contributed by atoms with van der Waals surface area (Å²) in [6.45, 7) is 2.59. The van der Waals surface area contributed by atoms with Gasteiger partial charge in [0.25, 0.3) is 0 Å². The third kappa shape index (κ3) is 0.948. The van der Waals surface area contributed by atoms with Crippen LogP contribution in [0.4, 0.5) is 0 Å². The number of alkyl halides is 1. The van der Waals surface area contributed by atoms with Crippen molar-refractivity contribution in [3.8, 4) is 0 Å². The molecule has 0 aromatic carbocycles. The minimum Gasteiger partial charge on any atom is -0.428 e. The first-order valence-corrected chi connectivity index (χ1v) is 4.17. The first-order chi connectivity index (χ1) is 5.11. The van der Waals surface area contributed by atoms with Crippen LogP contribution in [0, 0.1) is 0 Å². The molecule has 0 N–H and O–H groups in total. The minimum absolute atomic E-state index is 0.0718. The van der Waals surface area contributed by atoms with Crippen LogP contribution < -0.4 is 0 Å². The van der Waals surface area contributed by atoms with E-state index in [-0.39, 0.29) is 12.0 Å². The van der Waals surface area contributed by atoms with Crippen LogP contribution in [0.5, 0.6) is 0 Å². The molecule has 2 rings (SSSR count). The number of nitrogens with zero attached hydrogens (tertiary/aromatic N) is 1. The quantitative estimate of drug-likeness (QED) is 0.312. The highest BCUT2D eigenvalue weighted by atomic mass is 35.5. The summed E-state index contributed by atoms with van der Waals surface area (Å²) in [5.41, 5.74) is 0. The molecule has 0 radical (unpaired) electrons. The van der Waals surface area contributed by atoms with Crippen LogP contribution in [0.1, 0.15) is 19.8 Å². The summed E-state index contributed by atoms with van der Waals surface area (Å²) in [5.74, 6) is -0.167. The standard InChI is InChI=1S/C7H10ClNO2/c1-7(8)9-4-2-3-5(9)6(10)11-7/h5H,2-4H2,1H3/t5-,7+/m0/s1. The van der Waals surface area contributed by atoms with Gasteiger partial charge in [-0.1, -0.05) is 11.6 Å². The molecule has 2 fully saturated rings. The molecule has 0 unspecified atom stereocenters. The average Bonchev–Trinajstić information content (AvgIpc) is 2.37. The summed E-state index contributed by atoms with van der Waals surface area (Å²) in [6, 6.07) is -0.0718. The lowest BCUT2D eigenvalue weighted by Gasteiger charge is -2.23. The van der Waals surface area contributed by atoms with Crippen LogP contribution in [0.3, 0.4) is 0 Å². The predicted octanol–water partition coefficient (Wildman–Crippen LogP) is 0.920. The molecule has 2 atom stereocenters. The Morgan fingerprint density at radius 2 is 2.55 bits per heavy atom. The van der Waals surface area contributed by atoms with Crippen molar-refractivity contribution in [2.75, 3.05) is 6.54 Å². The molecule has 0 aromatic rings. The Hall–Kier alpha value is -0.280. The van der Waals surface area contributed by atoms with Gasteiger partial charge in [-0.15, -0.1) is 0 Å². The lowest BCUT2D eigenvalue weighted by atomic mass is 10.2. The van der Waals surface area contributed by atoms with Crippen molar-refractivity contribution in [2.45, 2.75) is 31.0 Å². The van der Waals surface area contributed by atoms with Crippen molar-refractivity contribution >= 4 is 17.6 Å². The van der Waals surface area contributed by atoms with E-state index in [4.69, 9.17) is 16.3 Å². The molecule has 2 aliphatic rings. The van der Waals surface area contributed by atoms with Crippen molar-refractivity contribution in [1.29, 1.82) is 0 Å². The van der Waals surface area contributed by atoms with Crippen LogP contribution in [0.2, 0.25) is 0 Å². The molecule has 11 heavy (non-hydrogen) atoms. The van der Waals surface area contributed by atoms with Gasteiger partial charge in [-0.2, -0.15) is 0 Å². The lowest BCUT2D eigenvalue weighted by Crippen LogP contribution is -2.38. The zero-order chi connectivity index (χ0) is 8.06. The van der Waals surface area contributed by atoms with E-state index in [0.29, 0.717) is 0 Å². The number of esters is 1. The van der Waals surface area contributed by atoms with E-state index in [1.54, 1.807) is 6.92 Å². The molecule has 0 amide bonds. The SMILES string of the molecule is C[C@]1(Cl)OC(=O)[C@@H]2CCCN21. The number of carbonyl (C=O) groups is 1. The molecule has 2 heterocycles. The molecule has 62 valence electrons. The molecule has 4 heteroatoms. The third-order valence-electron chi connectivity index (χ3n) is 2.32. The van der Waals surface area contributed by atoms with Gasteiger partial charge in [0, 0.05) is 13.5 Å². The highest BCUT2D eigenvalue weighted by Crippen LogP contribution is 2.37. The van der Waals surface area contributed by atoms with E-state index < -0.39 is 5.18 Å². The highest BCUT2D eigenvalue weighted by Gasteiger charge is 2.51. The fourth-order valence-electron chi connectivity index (χ4n) is 1.80. The normalized spacial score (nSPS) is 44.2. The van der Waals surface area contributed by atoms with Gasteiger partial charge in [0.2, 0.25) is 5.18 Å². The largest absolute Gasteiger partial charge is 0.428 e. The number of hydrogen-bond donors (Lipinski definition) is 0. The maximum absolute atomic E-state index is 11.1. The summed E-state index contributed by atoms with van der Waals surface area (Å²) in [4.78, 5) is 13.0. The van der Waals surface area contributed by atoms with Crippen molar-refractivity contribution in [2.24, 2.45) is 0 Å². The second-order valence-corrected chi connectivity index (χ2v) is 3.84. The zero-order valence-electron chi connectivity index (χ0n) is 6.34. The number of carbonyl (C=O) groups excluding carboxylic acids is 1. The smallest absolute Gasteiger partial charge is 0.326 e. The van der Waals surface area contributed by atoms with Gasteiger partial charge in [-0.05, 0) is 12.8 Å². The maximum atomic E-state index is 11.1. The Morgan fingerprint density at radius 1 is 1.82 bits per heavy atom. The number of rotatable bonds is 0. The molecular weight excluding hydrogens is 166 g/mol. The second kappa shape index (κ2) is 2.11. The minimum atomic E-state index is -0.877. The summed E-state index contributed by atoms with van der Waals surface area (Å²) in [6.07, 6.45) is 1.93. The number of ether oxygens (including phenoxy) is 1. The Bertz CT molecular complexity index is 205. The van der Waals surface area contributed by atoms with Gasteiger partial charge in [0.1, 0.15) is 6.04 Å². The van der Waals surface area contributed by atoms with Crippen LogP contribution in [0.25, 0.3) is 0 Å². The van der Waals surface area contributed by atoms with Crippen LogP contribution in [-0.2, 0) is 9.53 Å². The van der Waals surface area contributed by atoms with E-state index in [9.17, 15) is 4.79 Å². The first-order valence-electron chi connectivity index (χ1n) is 3.80. The summed E-state index contributed by atoms with van der Waals surface area (Å²) < 4.78 is 4.97. The number of fused-ring (bicyclic) bond motifs is 1. The molecule has 0 saturated carbocycles. The molecule has 3 nitrogen and oxygen atoms in total. The van der Waals surface area contributed by atoms with E-state index in [0.717, 1.165) is 19.4 Å². The number of cyclic esters (lactones) is 1. The van der Waals surface area contributed by atoms with E-state index in [1.165, 1.54) is 0 Å². The molecule has 0 aromatic heterocycles. The third-order valence-corrected chi connectivity index (χ3v) is 2.62. The van der Waals surface area contributed by atoms with Gasteiger partial charge < -0.3 is 4.74 Å². The molecule has 0 aliphatic carbocycles. The summed E-state index contributed by atoms with van der Waals surface area (Å²) in [5, 5.41) is -0.877. The maximum Gasteiger partial charge on any atom is 0.326 e. The Kier molecular flexibility index (Phi) is 1.41. The van der Waals surface area contributed by atoms with Gasteiger partial charge in [0.05, 0.1) is 0 Å². The van der Waals surface area contributed by atoms with Gasteiger partial charge in [-0.25, -0.2) is 4.90 Å². The van der Waals surface area contributed by atoms with E-state index >= 15 is 0 Å². The van der Waals surface area contributed by atoms with Crippen molar-refractivity contribution in [3.63, 3.8) is 0 Å². The fraction of sp³-hybridized carbons (Fsp3) is 0.857. The topological polar surface area (TPSA) is 29.5 Å². The molecule has 0 bridgehead atoms. The van der Waals surface area contributed by atoms with Crippen molar-refractivity contribution < 1.29 is 9.53 Å². The monoisotopic (exact) mass is 175 g/mol. The van der Waals surface area contributed by atoms with Crippen molar-refractivity contribution in [3.05, 3.63) is 0 Å². The first kappa shape index (κ1) is 7.37. The average molecular weight is 176 g/mol. The molecule has 0 spiro atoms. The molecular formula is C7H10ClNO2. The van der Waals surface area contributed by atoms with Crippen LogP contribution in [-0.4, -0.2) is 28.6 Å². The summed E-state index contributed by atoms with van der Waals surface area (Å²) in [7, 11) is 0. The summed E-state index contributed by atoms with van der Waals surface area (Å²) >= 11 is 5.95. The van der Waals surface area contributed by atoms with Gasteiger partial charge in [0.15, 0.2) is 0 Å². The Balaban J connectivity index is 2.27.